The molecule has 3 rings (SSSR count). The summed E-state index contributed by atoms with van der Waals surface area (Å²) in [6.07, 6.45) is 1.84. The van der Waals surface area contributed by atoms with Gasteiger partial charge in [-0.05, 0) is 12.1 Å². The molecule has 0 radical (unpaired) electrons. The minimum atomic E-state index is 0.857. The summed E-state index contributed by atoms with van der Waals surface area (Å²) in [6.45, 7) is 5.78. The summed E-state index contributed by atoms with van der Waals surface area (Å²) in [4.78, 5) is 6.88. The van der Waals surface area contributed by atoms with Crippen LogP contribution in [0.4, 0.5) is 5.69 Å². The van der Waals surface area contributed by atoms with Gasteiger partial charge in [0.1, 0.15) is 0 Å². The van der Waals surface area contributed by atoms with Crippen molar-refractivity contribution in [1.29, 1.82) is 0 Å². The van der Waals surface area contributed by atoms with Gasteiger partial charge in [-0.2, -0.15) is 0 Å². The highest BCUT2D eigenvalue weighted by molar-refractivity contribution is 5.90. The molecule has 0 aliphatic carbocycles. The zero-order chi connectivity index (χ0) is 12.9. The van der Waals surface area contributed by atoms with E-state index in [1.165, 1.54) is 5.39 Å². The molecule has 19 heavy (non-hydrogen) atoms. The monoisotopic (exact) mass is 257 g/mol. The standard InChI is InChI=1S/C15H19N3O/c1-3-13-4-2-6-17-15(13)14(5-1)16-7-8-18-9-11-19-12-10-18/h1-6,16H,7-12H2. The Labute approximate surface area is 113 Å². The lowest BCUT2D eigenvalue weighted by Crippen LogP contribution is -2.39. The Morgan fingerprint density at radius 1 is 1.16 bits per heavy atom. The summed E-state index contributed by atoms with van der Waals surface area (Å²) in [7, 11) is 0. The topological polar surface area (TPSA) is 37.4 Å². The molecule has 0 spiro atoms. The molecule has 1 fully saturated rings. The van der Waals surface area contributed by atoms with Crippen LogP contribution in [0.3, 0.4) is 0 Å². The van der Waals surface area contributed by atoms with Crippen molar-refractivity contribution in [2.24, 2.45) is 0 Å². The summed E-state index contributed by atoms with van der Waals surface area (Å²) in [5.74, 6) is 0. The van der Waals surface area contributed by atoms with Crippen LogP contribution in [-0.2, 0) is 4.74 Å². The van der Waals surface area contributed by atoms with Crippen LogP contribution in [0, 0.1) is 0 Å². The van der Waals surface area contributed by atoms with E-state index in [0.29, 0.717) is 0 Å². The third-order valence-corrected chi connectivity index (χ3v) is 3.48. The lowest BCUT2D eigenvalue weighted by molar-refractivity contribution is 0.0398. The van der Waals surface area contributed by atoms with Gasteiger partial charge in [-0.1, -0.05) is 18.2 Å². The Kier molecular flexibility index (Phi) is 3.91. The molecule has 100 valence electrons. The smallest absolute Gasteiger partial charge is 0.0933 e. The summed E-state index contributed by atoms with van der Waals surface area (Å²) < 4.78 is 5.35. The van der Waals surface area contributed by atoms with Crippen LogP contribution in [0.15, 0.2) is 36.5 Å². The second-order valence-corrected chi connectivity index (χ2v) is 4.76. The van der Waals surface area contributed by atoms with Crippen molar-refractivity contribution in [3.63, 3.8) is 0 Å². The molecule has 1 aliphatic heterocycles. The highest BCUT2D eigenvalue weighted by atomic mass is 16.5. The summed E-state index contributed by atoms with van der Waals surface area (Å²) >= 11 is 0. The number of fused-ring (bicyclic) bond motifs is 1. The maximum absolute atomic E-state index is 5.35. The molecular formula is C15H19N3O. The van der Waals surface area contributed by atoms with Crippen LogP contribution in [-0.4, -0.2) is 49.3 Å². The number of rotatable bonds is 4. The van der Waals surface area contributed by atoms with E-state index in [1.807, 2.05) is 12.3 Å². The Hall–Kier alpha value is -1.65. The number of nitrogens with one attached hydrogen (secondary N) is 1. The van der Waals surface area contributed by atoms with Gasteiger partial charge in [0.15, 0.2) is 0 Å². The Morgan fingerprint density at radius 3 is 2.89 bits per heavy atom. The summed E-state index contributed by atoms with van der Waals surface area (Å²) in [5, 5.41) is 4.67. The zero-order valence-electron chi connectivity index (χ0n) is 11.0. The number of ether oxygens (including phenoxy) is 1. The van der Waals surface area contributed by atoms with Gasteiger partial charge < -0.3 is 10.1 Å². The molecule has 4 nitrogen and oxygen atoms in total. The summed E-state index contributed by atoms with van der Waals surface area (Å²) in [5.41, 5.74) is 2.17. The first-order valence-corrected chi connectivity index (χ1v) is 6.81. The number of benzene rings is 1. The van der Waals surface area contributed by atoms with Gasteiger partial charge in [0.05, 0.1) is 24.4 Å². The van der Waals surface area contributed by atoms with E-state index in [2.05, 4.69) is 39.5 Å². The van der Waals surface area contributed by atoms with Crippen molar-refractivity contribution in [1.82, 2.24) is 9.88 Å². The van der Waals surface area contributed by atoms with Crippen LogP contribution in [0.25, 0.3) is 10.9 Å². The van der Waals surface area contributed by atoms with E-state index in [4.69, 9.17) is 4.74 Å². The van der Waals surface area contributed by atoms with E-state index in [1.54, 1.807) is 0 Å². The maximum Gasteiger partial charge on any atom is 0.0933 e. The third-order valence-electron chi connectivity index (χ3n) is 3.48. The molecule has 0 amide bonds. The first kappa shape index (κ1) is 12.4. The number of hydrogen-bond donors (Lipinski definition) is 1. The first-order chi connectivity index (χ1) is 9.43. The third kappa shape index (κ3) is 3.03. The van der Waals surface area contributed by atoms with Gasteiger partial charge in [-0.25, -0.2) is 0 Å². The van der Waals surface area contributed by atoms with Crippen LogP contribution in [0.2, 0.25) is 0 Å². The Morgan fingerprint density at radius 2 is 2.00 bits per heavy atom. The molecule has 1 aromatic carbocycles. The van der Waals surface area contributed by atoms with Crippen molar-refractivity contribution >= 4 is 16.6 Å². The van der Waals surface area contributed by atoms with Crippen molar-refractivity contribution in [3.05, 3.63) is 36.5 Å². The number of para-hydroxylation sites is 1. The lowest BCUT2D eigenvalue weighted by Gasteiger charge is -2.26. The van der Waals surface area contributed by atoms with Crippen molar-refractivity contribution in [2.45, 2.75) is 0 Å². The highest BCUT2D eigenvalue weighted by Gasteiger charge is 2.09. The molecule has 1 aliphatic rings. The number of aromatic nitrogens is 1. The second-order valence-electron chi connectivity index (χ2n) is 4.76. The van der Waals surface area contributed by atoms with Gasteiger partial charge in [0, 0.05) is 37.8 Å². The average molecular weight is 257 g/mol. The van der Waals surface area contributed by atoms with Crippen LogP contribution in [0.1, 0.15) is 0 Å². The Bertz CT molecular complexity index is 532. The number of pyridine rings is 1. The fourth-order valence-corrected chi connectivity index (χ4v) is 2.42. The molecule has 0 unspecified atom stereocenters. The highest BCUT2D eigenvalue weighted by Crippen LogP contribution is 2.20. The lowest BCUT2D eigenvalue weighted by atomic mass is 10.2. The maximum atomic E-state index is 5.35. The van der Waals surface area contributed by atoms with Crippen molar-refractivity contribution in [2.75, 3.05) is 44.7 Å². The van der Waals surface area contributed by atoms with Gasteiger partial charge in [0.2, 0.25) is 0 Å². The zero-order valence-corrected chi connectivity index (χ0v) is 11.0. The van der Waals surface area contributed by atoms with Crippen LogP contribution >= 0.6 is 0 Å². The number of nitrogens with zero attached hydrogens (tertiary/aromatic N) is 2. The molecule has 0 atom stereocenters. The molecule has 0 bridgehead atoms. The fourth-order valence-electron chi connectivity index (χ4n) is 2.42. The quantitative estimate of drug-likeness (QED) is 0.909. The average Bonchev–Trinajstić information content (AvgIpc) is 2.49. The van der Waals surface area contributed by atoms with Crippen LogP contribution < -0.4 is 5.32 Å². The van der Waals surface area contributed by atoms with Gasteiger partial charge in [-0.3, -0.25) is 9.88 Å². The molecule has 2 heterocycles. The Balaban J connectivity index is 1.62. The SMILES string of the molecule is c1cnc2c(NCCN3CCOCC3)cccc2c1. The number of anilines is 1. The van der Waals surface area contributed by atoms with Crippen LogP contribution in [0.5, 0.6) is 0 Å². The first-order valence-electron chi connectivity index (χ1n) is 6.81. The van der Waals surface area contributed by atoms with Crippen molar-refractivity contribution < 1.29 is 4.74 Å². The van der Waals surface area contributed by atoms with Gasteiger partial charge >= 0.3 is 0 Å². The van der Waals surface area contributed by atoms with E-state index in [-0.39, 0.29) is 0 Å². The summed E-state index contributed by atoms with van der Waals surface area (Å²) in [6, 6.07) is 10.3. The van der Waals surface area contributed by atoms with Crippen molar-refractivity contribution in [3.8, 4) is 0 Å². The molecule has 1 N–H and O–H groups in total. The largest absolute Gasteiger partial charge is 0.382 e. The number of morpholine rings is 1. The molecule has 2 aromatic rings. The molecule has 1 saturated heterocycles. The molecular weight excluding hydrogens is 238 g/mol. The van der Waals surface area contributed by atoms with E-state index >= 15 is 0 Å². The predicted octanol–water partition coefficient (Wildman–Crippen LogP) is 1.98. The minimum absolute atomic E-state index is 0.857. The van der Waals surface area contributed by atoms with E-state index in [0.717, 1.165) is 50.6 Å². The normalized spacial score (nSPS) is 16.6. The molecule has 4 heteroatoms. The van der Waals surface area contributed by atoms with Gasteiger partial charge in [0.25, 0.3) is 0 Å². The van der Waals surface area contributed by atoms with Gasteiger partial charge in [-0.15, -0.1) is 0 Å². The van der Waals surface area contributed by atoms with E-state index < -0.39 is 0 Å². The minimum Gasteiger partial charge on any atom is -0.382 e. The second kappa shape index (κ2) is 5.99. The molecule has 0 saturated carbocycles. The fraction of sp³-hybridized carbons (Fsp3) is 0.400. The number of hydrogen-bond acceptors (Lipinski definition) is 4. The van der Waals surface area contributed by atoms with E-state index in [9.17, 15) is 0 Å². The molecule has 1 aromatic heterocycles. The predicted molar refractivity (Wildman–Crippen MR) is 77.5 cm³/mol.